The van der Waals surface area contributed by atoms with Gasteiger partial charge in [-0.05, 0) is 38.7 Å². The molecule has 0 radical (unpaired) electrons. The molecule has 7 heteroatoms. The van der Waals surface area contributed by atoms with E-state index in [-0.39, 0.29) is 18.7 Å². The monoisotopic (exact) mass is 402 g/mol. The lowest BCUT2D eigenvalue weighted by atomic mass is 10.0. The van der Waals surface area contributed by atoms with Gasteiger partial charge < -0.3 is 24.0 Å². The van der Waals surface area contributed by atoms with E-state index in [9.17, 15) is 9.59 Å². The molecule has 0 spiro atoms. The van der Waals surface area contributed by atoms with Crippen molar-refractivity contribution in [2.75, 3.05) is 36.0 Å². The highest BCUT2D eigenvalue weighted by atomic mass is 16.7. The maximum absolute atomic E-state index is 11.8. The molecular formula is C22H30N2O5. The van der Waals surface area contributed by atoms with Crippen LogP contribution in [0.25, 0.3) is 0 Å². The molecule has 3 aliphatic heterocycles. The average molecular weight is 402 g/mol. The average Bonchev–Trinajstić information content (AvgIpc) is 3.20. The lowest BCUT2D eigenvalue weighted by Gasteiger charge is -2.41. The van der Waals surface area contributed by atoms with Crippen LogP contribution in [0.2, 0.25) is 0 Å². The minimum atomic E-state index is -0.443. The summed E-state index contributed by atoms with van der Waals surface area (Å²) in [6.45, 7) is 6.75. The van der Waals surface area contributed by atoms with Crippen LogP contribution < -0.4 is 14.5 Å². The molecule has 3 unspecified atom stereocenters. The normalized spacial score (nSPS) is 25.9. The van der Waals surface area contributed by atoms with E-state index in [1.54, 1.807) is 0 Å². The molecule has 2 saturated heterocycles. The van der Waals surface area contributed by atoms with E-state index in [0.29, 0.717) is 17.4 Å². The van der Waals surface area contributed by atoms with E-state index >= 15 is 0 Å². The first kappa shape index (κ1) is 20.0. The molecule has 0 aromatic heterocycles. The number of benzene rings is 1. The number of likely N-dealkylation sites (N-methyl/N-ethyl adjacent to an activating group) is 1. The maximum atomic E-state index is 11.8. The van der Waals surface area contributed by atoms with Gasteiger partial charge in [-0.2, -0.15) is 0 Å². The zero-order valence-electron chi connectivity index (χ0n) is 17.3. The number of nitrogens with zero attached hydrogens (tertiary/aromatic N) is 2. The van der Waals surface area contributed by atoms with Crippen LogP contribution in [0.1, 0.15) is 56.3 Å². The van der Waals surface area contributed by atoms with Crippen LogP contribution in [0.15, 0.2) is 12.1 Å². The Balaban J connectivity index is 1.55. The first-order chi connectivity index (χ1) is 14.1. The van der Waals surface area contributed by atoms with Crippen molar-refractivity contribution in [1.29, 1.82) is 0 Å². The number of ether oxygens (including phenoxy) is 3. The highest BCUT2D eigenvalue weighted by Gasteiger charge is 2.35. The maximum Gasteiger partial charge on any atom is 0.302 e. The minimum absolute atomic E-state index is 0.173. The van der Waals surface area contributed by atoms with Gasteiger partial charge in [0.15, 0.2) is 12.6 Å². The number of esters is 1. The quantitative estimate of drug-likeness (QED) is 0.535. The van der Waals surface area contributed by atoms with Gasteiger partial charge in [-0.25, -0.2) is 0 Å². The van der Waals surface area contributed by atoms with E-state index in [0.717, 1.165) is 56.6 Å². The largest absolute Gasteiger partial charge is 0.464 e. The van der Waals surface area contributed by atoms with E-state index in [1.165, 1.54) is 19.8 Å². The number of hydrogen-bond donors (Lipinski definition) is 0. The first-order valence-electron chi connectivity index (χ1n) is 10.7. The van der Waals surface area contributed by atoms with Crippen LogP contribution in [-0.4, -0.2) is 56.9 Å². The zero-order chi connectivity index (χ0) is 20.4. The highest BCUT2D eigenvalue weighted by Crippen LogP contribution is 2.43. The van der Waals surface area contributed by atoms with Crippen molar-refractivity contribution in [2.45, 2.75) is 64.4 Å². The smallest absolute Gasteiger partial charge is 0.302 e. The molecule has 4 rings (SSSR count). The van der Waals surface area contributed by atoms with Crippen molar-refractivity contribution < 1.29 is 23.8 Å². The van der Waals surface area contributed by atoms with Crippen molar-refractivity contribution in [2.24, 2.45) is 0 Å². The molecule has 0 amide bonds. The van der Waals surface area contributed by atoms with E-state index in [2.05, 4.69) is 16.7 Å². The molecule has 0 bridgehead atoms. The Morgan fingerprint density at radius 1 is 1.24 bits per heavy atom. The minimum Gasteiger partial charge on any atom is -0.464 e. The second kappa shape index (κ2) is 8.61. The molecule has 158 valence electrons. The number of rotatable bonds is 6. The van der Waals surface area contributed by atoms with Crippen molar-refractivity contribution in [3.8, 4) is 5.75 Å². The number of anilines is 2. The summed E-state index contributed by atoms with van der Waals surface area (Å²) < 4.78 is 17.2. The SMILES string of the molecule is CCN1CC2CCCN2c2cc(OC3CCCC(COC(C)=O)O3)c(C=O)cc21. The van der Waals surface area contributed by atoms with Crippen LogP contribution in [0.3, 0.4) is 0 Å². The number of carbonyl (C=O) groups excluding carboxylic acids is 2. The van der Waals surface area contributed by atoms with Gasteiger partial charge in [-0.1, -0.05) is 0 Å². The van der Waals surface area contributed by atoms with E-state index < -0.39 is 6.29 Å². The summed E-state index contributed by atoms with van der Waals surface area (Å²) in [7, 11) is 0. The summed E-state index contributed by atoms with van der Waals surface area (Å²) in [6, 6.07) is 4.49. The summed E-state index contributed by atoms with van der Waals surface area (Å²) in [5.74, 6) is 0.260. The van der Waals surface area contributed by atoms with Gasteiger partial charge >= 0.3 is 5.97 Å². The molecule has 1 aromatic carbocycles. The van der Waals surface area contributed by atoms with Gasteiger partial charge in [0, 0.05) is 45.1 Å². The molecule has 3 atom stereocenters. The molecule has 3 heterocycles. The Hall–Kier alpha value is -2.28. The summed E-state index contributed by atoms with van der Waals surface area (Å²) in [5, 5.41) is 0. The molecule has 1 aromatic rings. The topological polar surface area (TPSA) is 68.3 Å². The molecule has 3 aliphatic rings. The number of carbonyl (C=O) groups is 2. The van der Waals surface area contributed by atoms with Gasteiger partial charge in [0.2, 0.25) is 0 Å². The lowest BCUT2D eigenvalue weighted by Crippen LogP contribution is -2.45. The lowest BCUT2D eigenvalue weighted by molar-refractivity contribution is -0.172. The Morgan fingerprint density at radius 2 is 2.10 bits per heavy atom. The molecule has 7 nitrogen and oxygen atoms in total. The van der Waals surface area contributed by atoms with Gasteiger partial charge in [0.05, 0.1) is 23.0 Å². The van der Waals surface area contributed by atoms with Crippen molar-refractivity contribution >= 4 is 23.6 Å². The molecule has 0 saturated carbocycles. The standard InChI is InChI=1S/C22H30N2O5/c1-3-23-12-17-6-5-9-24(17)20-11-21(16(13-25)10-19(20)23)29-22-8-4-7-18(28-22)14-27-15(2)26/h10-11,13,17-18,22H,3-9,12,14H2,1-2H3. The third-order valence-electron chi connectivity index (χ3n) is 6.12. The van der Waals surface area contributed by atoms with E-state index in [1.807, 2.05) is 12.1 Å². The summed E-state index contributed by atoms with van der Waals surface area (Å²) in [6.07, 6.45) is 5.14. The van der Waals surface area contributed by atoms with Crippen molar-refractivity contribution in [1.82, 2.24) is 0 Å². The summed E-state index contributed by atoms with van der Waals surface area (Å²) >= 11 is 0. The van der Waals surface area contributed by atoms with Gasteiger partial charge in [0.1, 0.15) is 12.4 Å². The molecular weight excluding hydrogens is 372 g/mol. The Labute approximate surface area is 171 Å². The van der Waals surface area contributed by atoms with Crippen molar-refractivity contribution in [3.63, 3.8) is 0 Å². The fourth-order valence-corrected chi connectivity index (χ4v) is 4.67. The molecule has 2 fully saturated rings. The Bertz CT molecular complexity index is 768. The number of fused-ring (bicyclic) bond motifs is 3. The third kappa shape index (κ3) is 4.20. The van der Waals surface area contributed by atoms with Crippen LogP contribution in [0.5, 0.6) is 5.75 Å². The highest BCUT2D eigenvalue weighted by molar-refractivity contribution is 5.88. The van der Waals surface area contributed by atoms with Gasteiger partial charge in [0.25, 0.3) is 0 Å². The first-order valence-corrected chi connectivity index (χ1v) is 10.7. The van der Waals surface area contributed by atoms with Crippen LogP contribution >= 0.6 is 0 Å². The fourth-order valence-electron chi connectivity index (χ4n) is 4.67. The van der Waals surface area contributed by atoms with Crippen molar-refractivity contribution in [3.05, 3.63) is 17.7 Å². The van der Waals surface area contributed by atoms with Crippen LogP contribution in [0.4, 0.5) is 11.4 Å². The predicted molar refractivity (Wildman–Crippen MR) is 110 cm³/mol. The fraction of sp³-hybridized carbons (Fsp3) is 0.636. The second-order valence-electron chi connectivity index (χ2n) is 8.06. The third-order valence-corrected chi connectivity index (χ3v) is 6.12. The molecule has 29 heavy (non-hydrogen) atoms. The number of aldehydes is 1. The van der Waals surface area contributed by atoms with Crippen LogP contribution in [0, 0.1) is 0 Å². The number of hydrogen-bond acceptors (Lipinski definition) is 7. The van der Waals surface area contributed by atoms with Gasteiger partial charge in [-0.15, -0.1) is 0 Å². The zero-order valence-corrected chi connectivity index (χ0v) is 17.3. The molecule has 0 N–H and O–H groups in total. The predicted octanol–water partition coefficient (Wildman–Crippen LogP) is 3.14. The van der Waals surface area contributed by atoms with E-state index in [4.69, 9.17) is 14.2 Å². The Kier molecular flexibility index (Phi) is 5.94. The Morgan fingerprint density at radius 3 is 2.86 bits per heavy atom. The second-order valence-corrected chi connectivity index (χ2v) is 8.06. The summed E-state index contributed by atoms with van der Waals surface area (Å²) in [5.41, 5.74) is 2.80. The van der Waals surface area contributed by atoms with Gasteiger partial charge in [-0.3, -0.25) is 9.59 Å². The van der Waals surface area contributed by atoms with Crippen LogP contribution in [-0.2, 0) is 14.3 Å². The summed E-state index contributed by atoms with van der Waals surface area (Å²) in [4.78, 5) is 27.7. The molecule has 0 aliphatic carbocycles.